The average Bonchev–Trinajstić information content (AvgIpc) is 2.92. The van der Waals surface area contributed by atoms with Gasteiger partial charge in [0.1, 0.15) is 11.8 Å². The molecule has 1 aliphatic rings. The van der Waals surface area contributed by atoms with Crippen LogP contribution in [0.2, 0.25) is 0 Å². The van der Waals surface area contributed by atoms with Crippen LogP contribution < -0.4 is 0 Å². The van der Waals surface area contributed by atoms with Crippen LogP contribution in [0.25, 0.3) is 0 Å². The zero-order valence-electron chi connectivity index (χ0n) is 9.88. The Hall–Kier alpha value is -1.93. The van der Waals surface area contributed by atoms with E-state index in [9.17, 15) is 9.90 Å². The third-order valence-electron chi connectivity index (χ3n) is 2.77. The van der Waals surface area contributed by atoms with Crippen molar-refractivity contribution in [2.24, 2.45) is 0 Å². The molecule has 92 valence electrons. The molecule has 0 aromatic heterocycles. The van der Waals surface area contributed by atoms with E-state index in [2.05, 4.69) is 0 Å². The number of amides is 1. The first-order chi connectivity index (χ1) is 8.67. The van der Waals surface area contributed by atoms with Gasteiger partial charge in [0.2, 0.25) is 0 Å². The summed E-state index contributed by atoms with van der Waals surface area (Å²) in [4.78, 5) is 14.4. The van der Waals surface area contributed by atoms with Gasteiger partial charge in [-0.1, -0.05) is 12.2 Å². The number of nitriles is 1. The molecule has 0 unspecified atom stereocenters. The van der Waals surface area contributed by atoms with Crippen LogP contribution in [0, 0.1) is 11.3 Å². The van der Waals surface area contributed by atoms with Gasteiger partial charge in [-0.05, 0) is 18.4 Å². The second kappa shape index (κ2) is 5.15. The fourth-order valence-corrected chi connectivity index (χ4v) is 2.35. The highest BCUT2D eigenvalue weighted by Crippen LogP contribution is 2.31. The summed E-state index contributed by atoms with van der Waals surface area (Å²) in [6, 6.07) is 4.97. The SMILES string of the molecule is CSc1cc(C(=O)N2CC=CC2)cc(C#N)c1O. The number of hydrogen-bond acceptors (Lipinski definition) is 4. The van der Waals surface area contributed by atoms with E-state index in [1.807, 2.05) is 18.2 Å². The van der Waals surface area contributed by atoms with Crippen molar-refractivity contribution in [3.8, 4) is 11.8 Å². The van der Waals surface area contributed by atoms with Gasteiger partial charge < -0.3 is 10.0 Å². The summed E-state index contributed by atoms with van der Waals surface area (Å²) in [5, 5.41) is 18.7. The van der Waals surface area contributed by atoms with E-state index in [4.69, 9.17) is 5.26 Å². The van der Waals surface area contributed by atoms with E-state index in [0.717, 1.165) is 0 Å². The van der Waals surface area contributed by atoms with Crippen molar-refractivity contribution in [3.05, 3.63) is 35.4 Å². The molecule has 0 bridgehead atoms. The van der Waals surface area contributed by atoms with E-state index in [1.54, 1.807) is 17.2 Å². The average molecular weight is 260 g/mol. The molecule has 4 nitrogen and oxygen atoms in total. The number of thioether (sulfide) groups is 1. The molecule has 1 N–H and O–H groups in total. The first kappa shape index (κ1) is 12.5. The Morgan fingerprint density at radius 3 is 2.67 bits per heavy atom. The number of phenolic OH excluding ortho intramolecular Hbond substituents is 1. The van der Waals surface area contributed by atoms with Gasteiger partial charge in [-0.2, -0.15) is 5.26 Å². The number of aromatic hydroxyl groups is 1. The maximum Gasteiger partial charge on any atom is 0.254 e. The van der Waals surface area contributed by atoms with Crippen molar-refractivity contribution >= 4 is 17.7 Å². The first-order valence-corrected chi connectivity index (χ1v) is 6.65. The fraction of sp³-hybridized carbons (Fsp3) is 0.231. The molecule has 0 atom stereocenters. The van der Waals surface area contributed by atoms with Gasteiger partial charge >= 0.3 is 0 Å². The lowest BCUT2D eigenvalue weighted by atomic mass is 10.1. The Bertz CT molecular complexity index is 553. The lowest BCUT2D eigenvalue weighted by Crippen LogP contribution is -2.28. The van der Waals surface area contributed by atoms with Gasteiger partial charge in [0.05, 0.1) is 10.5 Å². The quantitative estimate of drug-likeness (QED) is 0.652. The molecule has 0 saturated heterocycles. The third-order valence-corrected chi connectivity index (χ3v) is 3.52. The molecule has 1 heterocycles. The summed E-state index contributed by atoms with van der Waals surface area (Å²) < 4.78 is 0. The minimum absolute atomic E-state index is 0.0545. The summed E-state index contributed by atoms with van der Waals surface area (Å²) in [5.41, 5.74) is 0.578. The third kappa shape index (κ3) is 2.20. The maximum absolute atomic E-state index is 12.2. The van der Waals surface area contributed by atoms with Gasteiger partial charge in [-0.15, -0.1) is 11.8 Å². The number of benzene rings is 1. The molecule has 1 aliphatic heterocycles. The number of phenols is 1. The molecular weight excluding hydrogens is 248 g/mol. The van der Waals surface area contributed by atoms with E-state index in [-0.39, 0.29) is 17.2 Å². The zero-order valence-corrected chi connectivity index (χ0v) is 10.7. The molecular formula is C13H12N2O2S. The summed E-state index contributed by atoms with van der Waals surface area (Å²) in [6.45, 7) is 1.19. The molecule has 18 heavy (non-hydrogen) atoms. The van der Waals surface area contributed by atoms with Crippen LogP contribution in [-0.2, 0) is 0 Å². The number of rotatable bonds is 2. The van der Waals surface area contributed by atoms with Gasteiger partial charge in [0.15, 0.2) is 0 Å². The van der Waals surface area contributed by atoms with Gasteiger partial charge in [0.25, 0.3) is 5.91 Å². The summed E-state index contributed by atoms with van der Waals surface area (Å²) in [7, 11) is 0. The summed E-state index contributed by atoms with van der Waals surface area (Å²) >= 11 is 1.31. The minimum atomic E-state index is -0.119. The topological polar surface area (TPSA) is 64.3 Å². The Labute approximate surface area is 110 Å². The number of hydrogen-bond donors (Lipinski definition) is 1. The predicted molar refractivity (Wildman–Crippen MR) is 69.6 cm³/mol. The van der Waals surface area contributed by atoms with E-state index in [1.165, 1.54) is 17.8 Å². The van der Waals surface area contributed by atoms with E-state index >= 15 is 0 Å². The van der Waals surface area contributed by atoms with Crippen LogP contribution in [0.3, 0.4) is 0 Å². The largest absolute Gasteiger partial charge is 0.505 e. The minimum Gasteiger partial charge on any atom is -0.505 e. The Morgan fingerprint density at radius 2 is 2.11 bits per heavy atom. The first-order valence-electron chi connectivity index (χ1n) is 5.42. The standard InChI is InChI=1S/C13H12N2O2S/c1-18-11-7-9(6-10(8-14)12(11)16)13(17)15-4-2-3-5-15/h2-3,6-7,16H,4-5H2,1H3. The van der Waals surface area contributed by atoms with Crippen LogP contribution in [0.1, 0.15) is 15.9 Å². The molecule has 5 heteroatoms. The van der Waals surface area contributed by atoms with Gasteiger partial charge in [-0.25, -0.2) is 0 Å². The molecule has 1 aromatic carbocycles. The smallest absolute Gasteiger partial charge is 0.254 e. The molecule has 0 fully saturated rings. The lowest BCUT2D eigenvalue weighted by Gasteiger charge is -2.16. The van der Waals surface area contributed by atoms with Gasteiger partial charge in [0, 0.05) is 18.7 Å². The van der Waals surface area contributed by atoms with E-state index < -0.39 is 0 Å². The van der Waals surface area contributed by atoms with Crippen LogP contribution in [0.5, 0.6) is 5.75 Å². The molecule has 0 radical (unpaired) electrons. The van der Waals surface area contributed by atoms with Crippen molar-refractivity contribution < 1.29 is 9.90 Å². The Morgan fingerprint density at radius 1 is 1.44 bits per heavy atom. The second-order valence-electron chi connectivity index (χ2n) is 3.87. The maximum atomic E-state index is 12.2. The van der Waals surface area contributed by atoms with Crippen molar-refractivity contribution in [1.29, 1.82) is 5.26 Å². The number of nitrogens with zero attached hydrogens (tertiary/aromatic N) is 2. The molecule has 0 saturated carbocycles. The molecule has 1 amide bonds. The van der Waals surface area contributed by atoms with Crippen molar-refractivity contribution in [3.63, 3.8) is 0 Å². The lowest BCUT2D eigenvalue weighted by molar-refractivity contribution is 0.0799. The van der Waals surface area contributed by atoms with Crippen LogP contribution in [0.15, 0.2) is 29.2 Å². The number of carbonyl (C=O) groups is 1. The molecule has 1 aromatic rings. The van der Waals surface area contributed by atoms with Crippen molar-refractivity contribution in [1.82, 2.24) is 4.90 Å². The van der Waals surface area contributed by atoms with Crippen LogP contribution in [0.4, 0.5) is 0 Å². The van der Waals surface area contributed by atoms with Crippen molar-refractivity contribution in [2.45, 2.75) is 4.90 Å². The molecule has 2 rings (SSSR count). The Balaban J connectivity index is 2.39. The monoisotopic (exact) mass is 260 g/mol. The fourth-order valence-electron chi connectivity index (χ4n) is 1.80. The number of carbonyl (C=O) groups excluding carboxylic acids is 1. The van der Waals surface area contributed by atoms with Gasteiger partial charge in [-0.3, -0.25) is 4.79 Å². The highest BCUT2D eigenvalue weighted by Gasteiger charge is 2.19. The second-order valence-corrected chi connectivity index (χ2v) is 4.72. The van der Waals surface area contributed by atoms with Crippen LogP contribution in [-0.4, -0.2) is 35.3 Å². The highest BCUT2D eigenvalue weighted by atomic mass is 32.2. The predicted octanol–water partition coefficient (Wildman–Crippen LogP) is 2.00. The molecule has 0 spiro atoms. The zero-order chi connectivity index (χ0) is 13.1. The summed E-state index contributed by atoms with van der Waals surface area (Å²) in [5.74, 6) is -0.173. The van der Waals surface area contributed by atoms with E-state index in [0.29, 0.717) is 23.5 Å². The van der Waals surface area contributed by atoms with Crippen LogP contribution >= 0.6 is 11.8 Å². The summed E-state index contributed by atoms with van der Waals surface area (Å²) in [6.07, 6.45) is 5.65. The molecule has 0 aliphatic carbocycles. The Kier molecular flexibility index (Phi) is 3.58. The highest BCUT2D eigenvalue weighted by molar-refractivity contribution is 7.98. The normalized spacial score (nSPS) is 13.7. The van der Waals surface area contributed by atoms with Crippen molar-refractivity contribution in [2.75, 3.05) is 19.3 Å².